The van der Waals surface area contributed by atoms with Gasteiger partial charge >= 0.3 is 7.12 Å². The maximum Gasteiger partial charge on any atom is 0.519 e. The van der Waals surface area contributed by atoms with Crippen LogP contribution in [0.5, 0.6) is 5.75 Å². The Balaban J connectivity index is 2.67. The second kappa shape index (κ2) is 6.81. The smallest absolute Gasteiger partial charge is 0.519 e. The van der Waals surface area contributed by atoms with Crippen LogP contribution in [-0.2, 0) is 6.54 Å². The van der Waals surface area contributed by atoms with Crippen molar-refractivity contribution in [1.82, 2.24) is 4.90 Å². The molecular weight excluding hydrogens is 225 g/mol. The average Bonchev–Trinajstić information content (AvgIpc) is 2.26. The van der Waals surface area contributed by atoms with E-state index in [9.17, 15) is 0 Å². The summed E-state index contributed by atoms with van der Waals surface area (Å²) in [6, 6.07) is 8.96. The van der Waals surface area contributed by atoms with Crippen LogP contribution in [-0.4, -0.2) is 29.1 Å². The van der Waals surface area contributed by atoms with Crippen LogP contribution >= 0.6 is 0 Å². The summed E-state index contributed by atoms with van der Waals surface area (Å²) in [5, 5.41) is 9.14. The molecule has 1 rings (SSSR count). The fourth-order valence-electron chi connectivity index (χ4n) is 2.04. The molecule has 0 aromatic heterocycles. The first-order valence-electron chi connectivity index (χ1n) is 6.59. The summed E-state index contributed by atoms with van der Waals surface area (Å²) in [5.74, 6) is 0.703. The standard InChI is InChI=1S/C14H24BNO2/c1-11(2)16(12(3)4)10-13-6-8-14(9-7-13)18-15(5)17/h6-9,11-12,17H,10H2,1-5H3. The monoisotopic (exact) mass is 249 g/mol. The Morgan fingerprint density at radius 2 is 1.61 bits per heavy atom. The van der Waals surface area contributed by atoms with Gasteiger partial charge in [-0.2, -0.15) is 0 Å². The van der Waals surface area contributed by atoms with Gasteiger partial charge in [0.2, 0.25) is 0 Å². The molecule has 0 saturated heterocycles. The molecule has 0 heterocycles. The summed E-state index contributed by atoms with van der Waals surface area (Å²) in [6.07, 6.45) is 0. The summed E-state index contributed by atoms with van der Waals surface area (Å²) in [6.45, 7) is 11.4. The van der Waals surface area contributed by atoms with Gasteiger partial charge in [-0.3, -0.25) is 4.90 Å². The molecule has 0 bridgehead atoms. The van der Waals surface area contributed by atoms with Gasteiger partial charge in [0, 0.05) is 18.6 Å². The van der Waals surface area contributed by atoms with Gasteiger partial charge in [0.25, 0.3) is 0 Å². The average molecular weight is 249 g/mol. The third kappa shape index (κ3) is 4.71. The van der Waals surface area contributed by atoms with E-state index in [2.05, 4.69) is 44.7 Å². The quantitative estimate of drug-likeness (QED) is 0.787. The zero-order chi connectivity index (χ0) is 13.7. The van der Waals surface area contributed by atoms with Gasteiger partial charge in [-0.25, -0.2) is 0 Å². The van der Waals surface area contributed by atoms with Crippen molar-refractivity contribution >= 4 is 7.12 Å². The minimum Gasteiger partial charge on any atom is -0.536 e. The lowest BCUT2D eigenvalue weighted by atomic mass is 9.96. The fraction of sp³-hybridized carbons (Fsp3) is 0.571. The topological polar surface area (TPSA) is 32.7 Å². The van der Waals surface area contributed by atoms with Crippen molar-refractivity contribution in [3.05, 3.63) is 29.8 Å². The normalized spacial score (nSPS) is 11.4. The molecule has 0 radical (unpaired) electrons. The molecule has 0 fully saturated rings. The fourth-order valence-corrected chi connectivity index (χ4v) is 2.04. The number of nitrogens with zero attached hydrogens (tertiary/aromatic N) is 1. The lowest BCUT2D eigenvalue weighted by Crippen LogP contribution is -2.36. The third-order valence-corrected chi connectivity index (χ3v) is 2.92. The molecule has 4 heteroatoms. The van der Waals surface area contributed by atoms with E-state index in [1.165, 1.54) is 5.56 Å². The summed E-state index contributed by atoms with van der Waals surface area (Å²) in [7, 11) is -0.765. The van der Waals surface area contributed by atoms with Gasteiger partial charge in [-0.05, 0) is 52.2 Å². The van der Waals surface area contributed by atoms with E-state index in [-0.39, 0.29) is 0 Å². The molecule has 18 heavy (non-hydrogen) atoms. The Hall–Kier alpha value is -0.995. The molecule has 0 spiro atoms. The molecule has 1 aromatic rings. The first kappa shape index (κ1) is 15.1. The van der Waals surface area contributed by atoms with Crippen LogP contribution in [0.2, 0.25) is 6.82 Å². The Morgan fingerprint density at radius 3 is 2.00 bits per heavy atom. The molecule has 0 aliphatic rings. The third-order valence-electron chi connectivity index (χ3n) is 2.92. The predicted octanol–water partition coefficient (Wildman–Crippen LogP) is 2.79. The van der Waals surface area contributed by atoms with Crippen molar-refractivity contribution in [3.8, 4) is 5.75 Å². The van der Waals surface area contributed by atoms with Crippen molar-refractivity contribution in [1.29, 1.82) is 0 Å². The second-order valence-electron chi connectivity index (χ2n) is 5.22. The number of benzene rings is 1. The first-order valence-corrected chi connectivity index (χ1v) is 6.59. The van der Waals surface area contributed by atoms with Crippen LogP contribution in [0, 0.1) is 0 Å². The highest BCUT2D eigenvalue weighted by molar-refractivity contribution is 6.41. The van der Waals surface area contributed by atoms with Crippen molar-refractivity contribution in [2.45, 2.75) is 53.1 Å². The van der Waals surface area contributed by atoms with Crippen molar-refractivity contribution in [2.24, 2.45) is 0 Å². The van der Waals surface area contributed by atoms with Crippen LogP contribution in [0.15, 0.2) is 24.3 Å². The summed E-state index contributed by atoms with van der Waals surface area (Å²) in [4.78, 5) is 2.44. The van der Waals surface area contributed by atoms with Crippen molar-refractivity contribution in [2.75, 3.05) is 0 Å². The van der Waals surface area contributed by atoms with E-state index in [1.54, 1.807) is 6.82 Å². The zero-order valence-corrected chi connectivity index (χ0v) is 12.1. The van der Waals surface area contributed by atoms with E-state index >= 15 is 0 Å². The lowest BCUT2D eigenvalue weighted by molar-refractivity contribution is 0.166. The van der Waals surface area contributed by atoms with Gasteiger partial charge in [0.1, 0.15) is 5.75 Å². The van der Waals surface area contributed by atoms with Crippen LogP contribution in [0.25, 0.3) is 0 Å². The van der Waals surface area contributed by atoms with E-state index in [4.69, 9.17) is 9.68 Å². The highest BCUT2D eigenvalue weighted by Gasteiger charge is 2.13. The molecule has 1 aromatic carbocycles. The Morgan fingerprint density at radius 1 is 1.11 bits per heavy atom. The van der Waals surface area contributed by atoms with Gasteiger partial charge in [0.05, 0.1) is 0 Å². The van der Waals surface area contributed by atoms with Crippen LogP contribution in [0.4, 0.5) is 0 Å². The Kier molecular flexibility index (Phi) is 5.70. The van der Waals surface area contributed by atoms with Gasteiger partial charge in [-0.15, -0.1) is 0 Å². The van der Waals surface area contributed by atoms with E-state index < -0.39 is 7.12 Å². The zero-order valence-electron chi connectivity index (χ0n) is 12.1. The van der Waals surface area contributed by atoms with E-state index in [1.807, 2.05) is 12.1 Å². The minimum atomic E-state index is -0.765. The van der Waals surface area contributed by atoms with Gasteiger partial charge in [0.15, 0.2) is 0 Å². The highest BCUT2D eigenvalue weighted by Crippen LogP contribution is 2.16. The maximum atomic E-state index is 9.14. The molecule has 0 amide bonds. The second-order valence-corrected chi connectivity index (χ2v) is 5.22. The Labute approximate surface area is 111 Å². The minimum absolute atomic E-state index is 0.526. The molecule has 3 nitrogen and oxygen atoms in total. The number of hydrogen-bond donors (Lipinski definition) is 1. The van der Waals surface area contributed by atoms with Crippen molar-refractivity contribution < 1.29 is 9.68 Å². The summed E-state index contributed by atoms with van der Waals surface area (Å²) in [5.41, 5.74) is 1.26. The molecule has 0 unspecified atom stereocenters. The van der Waals surface area contributed by atoms with Gasteiger partial charge < -0.3 is 9.68 Å². The number of hydrogen-bond acceptors (Lipinski definition) is 3. The largest absolute Gasteiger partial charge is 0.536 e. The van der Waals surface area contributed by atoms with E-state index in [0.717, 1.165) is 6.54 Å². The molecule has 0 saturated carbocycles. The molecule has 1 N–H and O–H groups in total. The summed E-state index contributed by atoms with van der Waals surface area (Å²) < 4.78 is 5.21. The number of rotatable bonds is 6. The van der Waals surface area contributed by atoms with Gasteiger partial charge in [-0.1, -0.05) is 12.1 Å². The molecule has 100 valence electrons. The first-order chi connectivity index (χ1) is 8.40. The summed E-state index contributed by atoms with van der Waals surface area (Å²) >= 11 is 0. The van der Waals surface area contributed by atoms with E-state index in [0.29, 0.717) is 17.8 Å². The SMILES string of the molecule is CB(O)Oc1ccc(CN(C(C)C)C(C)C)cc1. The van der Waals surface area contributed by atoms with Crippen LogP contribution in [0.3, 0.4) is 0 Å². The molecule has 0 atom stereocenters. The Bertz CT molecular complexity index is 341. The van der Waals surface area contributed by atoms with Crippen LogP contribution < -0.4 is 4.65 Å². The molecule has 0 aliphatic heterocycles. The van der Waals surface area contributed by atoms with Crippen LogP contribution in [0.1, 0.15) is 33.3 Å². The molecular formula is C14H24BNO2. The molecule has 0 aliphatic carbocycles. The maximum absolute atomic E-state index is 9.14. The lowest BCUT2D eigenvalue weighted by Gasteiger charge is -2.30. The van der Waals surface area contributed by atoms with Crippen molar-refractivity contribution in [3.63, 3.8) is 0 Å². The highest BCUT2D eigenvalue weighted by atomic mass is 16.5. The predicted molar refractivity (Wildman–Crippen MR) is 76.7 cm³/mol.